The van der Waals surface area contributed by atoms with Crippen LogP contribution in [0.5, 0.6) is 0 Å². The maximum atomic E-state index is 10.8. The average molecular weight is 304 g/mol. The lowest BCUT2D eigenvalue weighted by Gasteiger charge is -2.66. The normalized spacial score (nSPS) is 46.0. The SMILES string of the molecule is Cc1ccc(C(O)CC23CC4CC(C)(CC(C)(C4)C2)C3)s1. The molecule has 1 aromatic rings. The summed E-state index contributed by atoms with van der Waals surface area (Å²) in [6, 6.07) is 4.28. The summed E-state index contributed by atoms with van der Waals surface area (Å²) in [4.78, 5) is 2.49. The Morgan fingerprint density at radius 1 is 1.14 bits per heavy atom. The first-order chi connectivity index (χ1) is 9.79. The number of hydrogen-bond donors (Lipinski definition) is 1. The molecule has 1 heterocycles. The van der Waals surface area contributed by atoms with Crippen LogP contribution in [0.2, 0.25) is 0 Å². The molecule has 3 atom stereocenters. The molecule has 3 unspecified atom stereocenters. The zero-order valence-corrected chi connectivity index (χ0v) is 14.4. The summed E-state index contributed by atoms with van der Waals surface area (Å²) >= 11 is 1.77. The van der Waals surface area contributed by atoms with Crippen LogP contribution in [-0.2, 0) is 0 Å². The minimum absolute atomic E-state index is 0.243. The van der Waals surface area contributed by atoms with Crippen LogP contribution in [0.1, 0.15) is 74.7 Å². The molecule has 2 heteroatoms. The van der Waals surface area contributed by atoms with Crippen LogP contribution in [0.15, 0.2) is 12.1 Å². The largest absolute Gasteiger partial charge is 0.388 e. The van der Waals surface area contributed by atoms with Crippen molar-refractivity contribution in [2.24, 2.45) is 22.2 Å². The molecule has 0 radical (unpaired) electrons. The Morgan fingerprint density at radius 3 is 2.33 bits per heavy atom. The molecule has 4 fully saturated rings. The van der Waals surface area contributed by atoms with Crippen molar-refractivity contribution in [2.45, 2.75) is 71.8 Å². The Kier molecular flexibility index (Phi) is 2.96. The van der Waals surface area contributed by atoms with Crippen molar-refractivity contribution in [2.75, 3.05) is 0 Å². The van der Waals surface area contributed by atoms with E-state index in [1.54, 1.807) is 11.3 Å². The molecule has 4 aliphatic rings. The van der Waals surface area contributed by atoms with Crippen molar-refractivity contribution in [1.82, 2.24) is 0 Å². The van der Waals surface area contributed by atoms with Gasteiger partial charge >= 0.3 is 0 Å². The van der Waals surface area contributed by atoms with E-state index in [2.05, 4.69) is 32.9 Å². The van der Waals surface area contributed by atoms with Crippen molar-refractivity contribution >= 4 is 11.3 Å². The Balaban J connectivity index is 1.59. The lowest BCUT2D eigenvalue weighted by Crippen LogP contribution is -2.55. The van der Waals surface area contributed by atoms with Crippen LogP contribution in [0, 0.1) is 29.1 Å². The van der Waals surface area contributed by atoms with Crippen molar-refractivity contribution < 1.29 is 5.11 Å². The number of thiophene rings is 1. The van der Waals surface area contributed by atoms with Crippen molar-refractivity contribution in [1.29, 1.82) is 0 Å². The molecule has 0 saturated heterocycles. The van der Waals surface area contributed by atoms with Crippen LogP contribution in [0.3, 0.4) is 0 Å². The van der Waals surface area contributed by atoms with Gasteiger partial charge in [0, 0.05) is 9.75 Å². The van der Waals surface area contributed by atoms with E-state index < -0.39 is 0 Å². The number of hydrogen-bond acceptors (Lipinski definition) is 2. The smallest absolute Gasteiger partial charge is 0.0887 e. The van der Waals surface area contributed by atoms with Crippen LogP contribution in [-0.4, -0.2) is 5.11 Å². The summed E-state index contributed by atoms with van der Waals surface area (Å²) in [5.74, 6) is 0.925. The van der Waals surface area contributed by atoms with Gasteiger partial charge < -0.3 is 5.11 Å². The molecule has 4 bridgehead atoms. The van der Waals surface area contributed by atoms with Crippen molar-refractivity contribution in [3.63, 3.8) is 0 Å². The molecule has 4 saturated carbocycles. The van der Waals surface area contributed by atoms with Crippen molar-refractivity contribution in [3.8, 4) is 0 Å². The van der Waals surface area contributed by atoms with Gasteiger partial charge in [0.05, 0.1) is 6.10 Å². The third-order valence-electron chi connectivity index (χ3n) is 6.46. The summed E-state index contributed by atoms with van der Waals surface area (Å²) in [6.45, 7) is 7.17. The highest BCUT2D eigenvalue weighted by molar-refractivity contribution is 7.12. The fraction of sp³-hybridized carbons (Fsp3) is 0.789. The van der Waals surface area contributed by atoms with E-state index in [0.29, 0.717) is 16.2 Å². The first-order valence-corrected chi connectivity index (χ1v) is 9.35. The first-order valence-electron chi connectivity index (χ1n) is 8.53. The molecule has 1 N–H and O–H groups in total. The molecule has 5 rings (SSSR count). The molecular formula is C19H28OS. The van der Waals surface area contributed by atoms with E-state index in [-0.39, 0.29) is 6.10 Å². The zero-order chi connectivity index (χ0) is 14.9. The van der Waals surface area contributed by atoms with Gasteiger partial charge in [0.2, 0.25) is 0 Å². The quantitative estimate of drug-likeness (QED) is 0.784. The lowest BCUT2D eigenvalue weighted by atomic mass is 9.39. The summed E-state index contributed by atoms with van der Waals surface area (Å²) in [5.41, 5.74) is 1.53. The molecule has 1 nitrogen and oxygen atoms in total. The van der Waals surface area contributed by atoms with Gasteiger partial charge in [-0.3, -0.25) is 0 Å². The molecule has 4 aliphatic carbocycles. The Morgan fingerprint density at radius 2 is 1.81 bits per heavy atom. The maximum absolute atomic E-state index is 10.8. The second kappa shape index (κ2) is 4.35. The molecule has 0 aliphatic heterocycles. The van der Waals surface area contributed by atoms with E-state index in [1.807, 2.05) is 0 Å². The van der Waals surface area contributed by atoms with Crippen molar-refractivity contribution in [3.05, 3.63) is 21.9 Å². The second-order valence-electron chi connectivity index (χ2n) is 9.30. The number of aliphatic hydroxyl groups is 1. The maximum Gasteiger partial charge on any atom is 0.0887 e. The molecule has 116 valence electrons. The fourth-order valence-electron chi connectivity index (χ4n) is 7.06. The van der Waals surface area contributed by atoms with Gasteiger partial charge in [-0.15, -0.1) is 11.3 Å². The number of rotatable bonds is 3. The van der Waals surface area contributed by atoms with Crippen LogP contribution >= 0.6 is 11.3 Å². The molecule has 0 amide bonds. The highest BCUT2D eigenvalue weighted by atomic mass is 32.1. The van der Waals surface area contributed by atoms with Gasteiger partial charge in [0.15, 0.2) is 0 Å². The van der Waals surface area contributed by atoms with Gasteiger partial charge in [-0.25, -0.2) is 0 Å². The van der Waals surface area contributed by atoms with Gasteiger partial charge in [-0.05, 0) is 86.2 Å². The predicted octanol–water partition coefficient (Wildman–Crippen LogP) is 5.48. The van der Waals surface area contributed by atoms with E-state index in [4.69, 9.17) is 0 Å². The topological polar surface area (TPSA) is 20.2 Å². The minimum Gasteiger partial charge on any atom is -0.388 e. The second-order valence-corrected chi connectivity index (χ2v) is 10.6. The molecule has 1 aromatic heterocycles. The Bertz CT molecular complexity index is 542. The van der Waals surface area contributed by atoms with Crippen LogP contribution in [0.25, 0.3) is 0 Å². The molecular weight excluding hydrogens is 276 g/mol. The van der Waals surface area contributed by atoms with Gasteiger partial charge in [0.1, 0.15) is 0 Å². The molecule has 21 heavy (non-hydrogen) atoms. The molecule has 0 spiro atoms. The predicted molar refractivity (Wildman–Crippen MR) is 88.5 cm³/mol. The zero-order valence-electron chi connectivity index (χ0n) is 13.6. The lowest BCUT2D eigenvalue weighted by molar-refractivity contribution is -0.156. The van der Waals surface area contributed by atoms with E-state index in [1.165, 1.54) is 48.3 Å². The standard InChI is InChI=1S/C19H28OS/c1-13-4-5-16(21-13)15(20)9-19-8-14-6-17(2,11-19)10-18(3,7-14)12-19/h4-5,14-15,20H,6-12H2,1-3H3. The van der Waals surface area contributed by atoms with Gasteiger partial charge in [0.25, 0.3) is 0 Å². The Hall–Kier alpha value is -0.340. The third kappa shape index (κ3) is 2.39. The van der Waals surface area contributed by atoms with E-state index >= 15 is 0 Å². The number of aliphatic hydroxyl groups excluding tert-OH is 1. The van der Waals surface area contributed by atoms with E-state index in [9.17, 15) is 5.11 Å². The highest BCUT2D eigenvalue weighted by Crippen LogP contribution is 2.71. The highest BCUT2D eigenvalue weighted by Gasteiger charge is 2.60. The summed E-state index contributed by atoms with van der Waals surface area (Å²) < 4.78 is 0. The fourth-order valence-corrected chi connectivity index (χ4v) is 7.92. The summed E-state index contributed by atoms with van der Waals surface area (Å²) in [5, 5.41) is 10.8. The average Bonchev–Trinajstić information content (AvgIpc) is 2.70. The van der Waals surface area contributed by atoms with Crippen LogP contribution < -0.4 is 0 Å². The Labute approximate surface area is 132 Å². The van der Waals surface area contributed by atoms with E-state index in [0.717, 1.165) is 12.3 Å². The van der Waals surface area contributed by atoms with Gasteiger partial charge in [-0.2, -0.15) is 0 Å². The van der Waals surface area contributed by atoms with Gasteiger partial charge in [-0.1, -0.05) is 13.8 Å². The first kappa shape index (κ1) is 14.3. The van der Waals surface area contributed by atoms with Crippen LogP contribution in [0.4, 0.5) is 0 Å². The molecule has 0 aromatic carbocycles. The summed E-state index contributed by atoms with van der Waals surface area (Å²) in [6.07, 6.45) is 9.14. The monoisotopic (exact) mass is 304 g/mol. The minimum atomic E-state index is -0.243. The third-order valence-corrected chi connectivity index (χ3v) is 7.56. The number of aryl methyl sites for hydroxylation is 1. The summed E-state index contributed by atoms with van der Waals surface area (Å²) in [7, 11) is 0.